The maximum atomic E-state index is 12.1. The van der Waals surface area contributed by atoms with Crippen LogP contribution in [-0.4, -0.2) is 42.8 Å². The Labute approximate surface area is 156 Å². The van der Waals surface area contributed by atoms with Crippen LogP contribution in [0.15, 0.2) is 35.0 Å². The van der Waals surface area contributed by atoms with Crippen molar-refractivity contribution in [1.29, 1.82) is 5.26 Å². The smallest absolute Gasteiger partial charge is 0.338 e. The van der Waals surface area contributed by atoms with E-state index in [-0.39, 0.29) is 11.6 Å². The molecule has 0 saturated carbocycles. The summed E-state index contributed by atoms with van der Waals surface area (Å²) in [5, 5.41) is 20.3. The quantitative estimate of drug-likeness (QED) is 0.835. The Morgan fingerprint density at radius 1 is 1.44 bits per heavy atom. The van der Waals surface area contributed by atoms with E-state index in [4.69, 9.17) is 27.9 Å². The van der Waals surface area contributed by atoms with Crippen molar-refractivity contribution < 1.29 is 14.6 Å². The van der Waals surface area contributed by atoms with E-state index in [0.29, 0.717) is 45.5 Å². The van der Waals surface area contributed by atoms with Crippen molar-refractivity contribution >= 4 is 34.7 Å². The second-order valence-electron chi connectivity index (χ2n) is 5.68. The van der Waals surface area contributed by atoms with Gasteiger partial charge in [-0.2, -0.15) is 5.26 Å². The highest BCUT2D eigenvalue weighted by Crippen LogP contribution is 2.41. The van der Waals surface area contributed by atoms with Gasteiger partial charge in [-0.15, -0.1) is 0 Å². The summed E-state index contributed by atoms with van der Waals surface area (Å²) in [5.74, 6) is -1.11. The van der Waals surface area contributed by atoms with Gasteiger partial charge in [0.05, 0.1) is 29.9 Å². The van der Waals surface area contributed by atoms with Gasteiger partial charge >= 0.3 is 5.97 Å². The van der Waals surface area contributed by atoms with Gasteiger partial charge in [0, 0.05) is 47.5 Å². The largest absolute Gasteiger partial charge is 0.478 e. The standard InChI is InChI=1S/C18H18Cl2N2O3/c1-10-13(9-21)16(12-5-4-11(19)8-14(12)20)17(18(23)24)15(22(10)2)6-7-25-3/h4-5,8,10H,6-7H2,1-3H3,(H,23,24). The Morgan fingerprint density at radius 3 is 2.64 bits per heavy atom. The van der Waals surface area contributed by atoms with E-state index in [2.05, 4.69) is 6.07 Å². The molecule has 132 valence electrons. The van der Waals surface area contributed by atoms with E-state index >= 15 is 0 Å². The number of methoxy groups -OCH3 is 1. The molecule has 0 aliphatic carbocycles. The lowest BCUT2D eigenvalue weighted by atomic mass is 9.84. The molecule has 1 heterocycles. The number of carboxylic acid groups (broad SMARTS) is 1. The van der Waals surface area contributed by atoms with Crippen molar-refractivity contribution in [3.63, 3.8) is 0 Å². The predicted octanol–water partition coefficient (Wildman–Crippen LogP) is 3.98. The van der Waals surface area contributed by atoms with E-state index in [1.54, 1.807) is 31.2 Å². The van der Waals surface area contributed by atoms with Crippen LogP contribution >= 0.6 is 23.2 Å². The highest BCUT2D eigenvalue weighted by Gasteiger charge is 2.35. The number of hydrogen-bond donors (Lipinski definition) is 1. The van der Waals surface area contributed by atoms with Gasteiger partial charge in [0.15, 0.2) is 0 Å². The fourth-order valence-corrected chi connectivity index (χ4v) is 3.45. The van der Waals surface area contributed by atoms with Crippen LogP contribution in [0.5, 0.6) is 0 Å². The molecule has 0 fully saturated rings. The lowest BCUT2D eigenvalue weighted by molar-refractivity contribution is -0.132. The van der Waals surface area contributed by atoms with Crippen LogP contribution < -0.4 is 0 Å². The molecule has 5 nitrogen and oxygen atoms in total. The average Bonchev–Trinajstić information content (AvgIpc) is 2.55. The number of benzene rings is 1. The average molecular weight is 381 g/mol. The van der Waals surface area contributed by atoms with Gasteiger partial charge in [-0.25, -0.2) is 4.79 Å². The molecule has 0 saturated heterocycles. The van der Waals surface area contributed by atoms with Crippen molar-refractivity contribution in [1.82, 2.24) is 4.90 Å². The number of likely N-dealkylation sites (N-methyl/N-ethyl adjacent to an activating group) is 1. The second-order valence-corrected chi connectivity index (χ2v) is 6.52. The molecule has 0 aromatic heterocycles. The third-order valence-corrected chi connectivity index (χ3v) is 4.86. The fourth-order valence-electron chi connectivity index (χ4n) is 2.94. The van der Waals surface area contributed by atoms with Crippen molar-refractivity contribution in [2.75, 3.05) is 20.8 Å². The molecular weight excluding hydrogens is 363 g/mol. The number of ether oxygens (including phenoxy) is 1. The first-order valence-corrected chi connectivity index (χ1v) is 8.37. The number of carbonyl (C=O) groups is 1. The van der Waals surface area contributed by atoms with Crippen LogP contribution in [0.25, 0.3) is 5.57 Å². The highest BCUT2D eigenvalue weighted by atomic mass is 35.5. The second kappa shape index (κ2) is 7.92. The third-order valence-electron chi connectivity index (χ3n) is 4.31. The lowest BCUT2D eigenvalue weighted by Gasteiger charge is -2.36. The molecule has 1 atom stereocenters. The molecule has 7 heteroatoms. The zero-order valence-electron chi connectivity index (χ0n) is 14.1. The molecule has 0 amide bonds. The topological polar surface area (TPSA) is 73.6 Å². The minimum Gasteiger partial charge on any atom is -0.478 e. The molecule has 0 bridgehead atoms. The zero-order chi connectivity index (χ0) is 18.7. The normalized spacial score (nSPS) is 17.8. The molecule has 1 aliphatic heterocycles. The first kappa shape index (κ1) is 19.3. The van der Waals surface area contributed by atoms with Gasteiger partial charge in [-0.3, -0.25) is 0 Å². The summed E-state index contributed by atoms with van der Waals surface area (Å²) in [6.07, 6.45) is 0.409. The number of nitrogens with zero attached hydrogens (tertiary/aromatic N) is 2. The van der Waals surface area contributed by atoms with Crippen molar-refractivity contribution in [2.45, 2.75) is 19.4 Å². The Hall–Kier alpha value is -2.00. The summed E-state index contributed by atoms with van der Waals surface area (Å²) in [6, 6.07) is 6.68. The molecule has 1 N–H and O–H groups in total. The van der Waals surface area contributed by atoms with E-state index in [9.17, 15) is 15.2 Å². The van der Waals surface area contributed by atoms with Crippen LogP contribution in [0.4, 0.5) is 0 Å². The summed E-state index contributed by atoms with van der Waals surface area (Å²) in [6.45, 7) is 2.22. The minimum absolute atomic E-state index is 0.0680. The lowest BCUT2D eigenvalue weighted by Crippen LogP contribution is -2.36. The Bertz CT molecular complexity index is 809. The van der Waals surface area contributed by atoms with E-state index in [0.717, 1.165) is 0 Å². The van der Waals surface area contributed by atoms with Crippen LogP contribution in [0.1, 0.15) is 18.9 Å². The Balaban J connectivity index is 2.81. The highest BCUT2D eigenvalue weighted by molar-refractivity contribution is 6.36. The Morgan fingerprint density at radius 2 is 2.12 bits per heavy atom. The van der Waals surface area contributed by atoms with Crippen LogP contribution in [0, 0.1) is 11.3 Å². The summed E-state index contributed by atoms with van der Waals surface area (Å²) in [5.41, 5.74) is 1.84. The monoisotopic (exact) mass is 380 g/mol. The number of halogens is 2. The summed E-state index contributed by atoms with van der Waals surface area (Å²) < 4.78 is 5.11. The molecule has 1 unspecified atom stereocenters. The molecular formula is C18H18Cl2N2O3. The van der Waals surface area contributed by atoms with Gasteiger partial charge in [0.2, 0.25) is 0 Å². The van der Waals surface area contributed by atoms with Gasteiger partial charge in [-0.1, -0.05) is 29.3 Å². The maximum absolute atomic E-state index is 12.1. The first-order chi connectivity index (χ1) is 11.8. The van der Waals surface area contributed by atoms with E-state index in [1.807, 2.05) is 6.92 Å². The van der Waals surface area contributed by atoms with Gasteiger partial charge in [0.25, 0.3) is 0 Å². The SMILES string of the molecule is COCCC1=C(C(=O)O)C(c2ccc(Cl)cc2Cl)=C(C#N)C(C)N1C. The first-order valence-electron chi connectivity index (χ1n) is 7.61. The molecule has 1 aromatic carbocycles. The van der Waals surface area contributed by atoms with Crippen LogP contribution in [0.2, 0.25) is 10.0 Å². The molecule has 1 aromatic rings. The molecule has 1 aliphatic rings. The fraction of sp³-hybridized carbons (Fsp3) is 0.333. The predicted molar refractivity (Wildman–Crippen MR) is 97.4 cm³/mol. The number of rotatable bonds is 5. The van der Waals surface area contributed by atoms with Gasteiger partial charge in [0.1, 0.15) is 0 Å². The van der Waals surface area contributed by atoms with Crippen LogP contribution in [0.3, 0.4) is 0 Å². The van der Waals surface area contributed by atoms with Crippen LogP contribution in [-0.2, 0) is 9.53 Å². The molecule has 0 radical (unpaired) electrons. The summed E-state index contributed by atoms with van der Waals surface area (Å²) in [7, 11) is 3.33. The third kappa shape index (κ3) is 3.67. The summed E-state index contributed by atoms with van der Waals surface area (Å²) in [4.78, 5) is 13.9. The number of hydrogen-bond acceptors (Lipinski definition) is 4. The maximum Gasteiger partial charge on any atom is 0.338 e. The summed E-state index contributed by atoms with van der Waals surface area (Å²) >= 11 is 12.3. The van der Waals surface area contributed by atoms with E-state index in [1.165, 1.54) is 6.07 Å². The molecule has 0 spiro atoms. The van der Waals surface area contributed by atoms with Gasteiger partial charge < -0.3 is 14.7 Å². The van der Waals surface area contributed by atoms with Crippen molar-refractivity contribution in [3.8, 4) is 6.07 Å². The molecule has 25 heavy (non-hydrogen) atoms. The zero-order valence-corrected chi connectivity index (χ0v) is 15.6. The molecule has 2 rings (SSSR count). The minimum atomic E-state index is -1.11. The van der Waals surface area contributed by atoms with Gasteiger partial charge in [-0.05, 0) is 19.1 Å². The Kier molecular flexibility index (Phi) is 6.12. The number of aliphatic carboxylic acids is 1. The number of nitriles is 1. The van der Waals surface area contributed by atoms with Crippen molar-refractivity contribution in [3.05, 3.63) is 50.7 Å². The van der Waals surface area contributed by atoms with Crippen molar-refractivity contribution in [2.24, 2.45) is 0 Å². The van der Waals surface area contributed by atoms with E-state index < -0.39 is 5.97 Å². The number of carboxylic acids is 1.